The smallest absolute Gasteiger partial charge is 0.408 e. The summed E-state index contributed by atoms with van der Waals surface area (Å²) >= 11 is 0. The number of nitrogens with one attached hydrogen (secondary N) is 1. The first-order valence-corrected chi connectivity index (χ1v) is 5.99. The summed E-state index contributed by atoms with van der Waals surface area (Å²) in [4.78, 5) is 0. The Balaban J connectivity index is 3.45. The second-order valence-electron chi connectivity index (χ2n) is 3.98. The third-order valence-corrected chi connectivity index (χ3v) is 2.78. The van der Waals surface area contributed by atoms with Crippen LogP contribution in [0, 0.1) is 0 Å². The molecule has 0 aliphatic heterocycles. The van der Waals surface area contributed by atoms with Gasteiger partial charge in [-0.15, -0.1) is 0 Å². The van der Waals surface area contributed by atoms with Crippen LogP contribution in [0.3, 0.4) is 0 Å². The average Bonchev–Trinajstić information content (AvgIpc) is 2.42. The lowest BCUT2D eigenvalue weighted by Gasteiger charge is -2.25. The van der Waals surface area contributed by atoms with Crippen LogP contribution in [0.5, 0.6) is 17.2 Å². The molecule has 7 heteroatoms. The van der Waals surface area contributed by atoms with Crippen LogP contribution in [0.1, 0.15) is 18.5 Å². The molecule has 0 saturated carbocycles. The third kappa shape index (κ3) is 3.47. The van der Waals surface area contributed by atoms with Gasteiger partial charge in [0.2, 0.25) is 0 Å². The van der Waals surface area contributed by atoms with Gasteiger partial charge in [-0.2, -0.15) is 13.2 Å². The van der Waals surface area contributed by atoms with Crippen molar-refractivity contribution in [3.05, 3.63) is 17.7 Å². The predicted molar refractivity (Wildman–Crippen MR) is 68.6 cm³/mol. The van der Waals surface area contributed by atoms with Crippen molar-refractivity contribution >= 4 is 0 Å². The lowest BCUT2D eigenvalue weighted by atomic mass is 10.0. The van der Waals surface area contributed by atoms with E-state index in [2.05, 4.69) is 5.32 Å². The highest BCUT2D eigenvalue weighted by molar-refractivity contribution is 5.52. The van der Waals surface area contributed by atoms with E-state index in [1.165, 1.54) is 33.5 Å². The van der Waals surface area contributed by atoms with Crippen LogP contribution in [0.15, 0.2) is 12.1 Å². The first-order valence-electron chi connectivity index (χ1n) is 5.99. The van der Waals surface area contributed by atoms with Crippen LogP contribution in [0.2, 0.25) is 0 Å². The summed E-state index contributed by atoms with van der Waals surface area (Å²) in [5.41, 5.74) is -0.0925. The maximum atomic E-state index is 13.2. The monoisotopic (exact) mass is 293 g/mol. The molecule has 4 nitrogen and oxygen atoms in total. The summed E-state index contributed by atoms with van der Waals surface area (Å²) in [6, 6.07) is 0.922. The van der Waals surface area contributed by atoms with Crippen LogP contribution >= 0.6 is 0 Å². The molecule has 1 aromatic carbocycles. The van der Waals surface area contributed by atoms with Gasteiger partial charge in [0.1, 0.15) is 23.3 Å². The van der Waals surface area contributed by atoms with Crippen molar-refractivity contribution in [3.63, 3.8) is 0 Å². The summed E-state index contributed by atoms with van der Waals surface area (Å²) in [6.07, 6.45) is -4.47. The fourth-order valence-electron chi connectivity index (χ4n) is 1.90. The minimum absolute atomic E-state index is 0.0597. The number of halogens is 3. The molecule has 0 spiro atoms. The fraction of sp³-hybridized carbons (Fsp3) is 0.538. The molecule has 1 N–H and O–H groups in total. The molecular formula is C13H18F3NO3. The topological polar surface area (TPSA) is 39.7 Å². The van der Waals surface area contributed by atoms with Crippen molar-refractivity contribution in [2.24, 2.45) is 0 Å². The van der Waals surface area contributed by atoms with Crippen molar-refractivity contribution in [2.75, 3.05) is 27.9 Å². The number of rotatable bonds is 6. The molecule has 0 radical (unpaired) electrons. The normalized spacial score (nSPS) is 12.9. The maximum Gasteiger partial charge on any atom is 0.408 e. The van der Waals surface area contributed by atoms with Gasteiger partial charge in [0.05, 0.1) is 26.9 Å². The summed E-state index contributed by atoms with van der Waals surface area (Å²) in [6.45, 7) is 1.75. The molecule has 0 aromatic heterocycles. The molecule has 1 atom stereocenters. The molecule has 0 fully saturated rings. The quantitative estimate of drug-likeness (QED) is 0.875. The largest absolute Gasteiger partial charge is 0.496 e. The molecule has 0 aliphatic rings. The summed E-state index contributed by atoms with van der Waals surface area (Å²) < 4.78 is 54.7. The van der Waals surface area contributed by atoms with Crippen LogP contribution in [-0.4, -0.2) is 34.1 Å². The Morgan fingerprint density at radius 2 is 1.55 bits per heavy atom. The number of hydrogen-bond donors (Lipinski definition) is 1. The van der Waals surface area contributed by atoms with Gasteiger partial charge in [0.15, 0.2) is 0 Å². The molecule has 0 amide bonds. The summed E-state index contributed by atoms with van der Waals surface area (Å²) in [7, 11) is 4.02. The Bertz CT molecular complexity index is 424. The van der Waals surface area contributed by atoms with Gasteiger partial charge in [-0.25, -0.2) is 0 Å². The van der Waals surface area contributed by atoms with Gasteiger partial charge in [-0.1, -0.05) is 6.92 Å². The molecule has 20 heavy (non-hydrogen) atoms. The second kappa shape index (κ2) is 6.69. The van der Waals surface area contributed by atoms with Gasteiger partial charge in [-0.3, -0.25) is 0 Å². The maximum absolute atomic E-state index is 13.2. The Labute approximate surface area is 115 Å². The first kappa shape index (κ1) is 16.4. The van der Waals surface area contributed by atoms with E-state index in [1.54, 1.807) is 6.92 Å². The van der Waals surface area contributed by atoms with E-state index in [9.17, 15) is 13.2 Å². The van der Waals surface area contributed by atoms with Crippen molar-refractivity contribution in [1.82, 2.24) is 5.32 Å². The SMILES string of the molecule is CCNC(c1c(OC)cc(OC)cc1OC)C(F)(F)F. The van der Waals surface area contributed by atoms with Crippen molar-refractivity contribution in [2.45, 2.75) is 19.1 Å². The van der Waals surface area contributed by atoms with Gasteiger partial charge in [0, 0.05) is 12.1 Å². The Morgan fingerprint density at radius 3 is 1.85 bits per heavy atom. The Morgan fingerprint density at radius 1 is 1.05 bits per heavy atom. The molecule has 0 heterocycles. The number of benzene rings is 1. The minimum atomic E-state index is -4.47. The molecule has 0 saturated heterocycles. The second-order valence-corrected chi connectivity index (χ2v) is 3.98. The van der Waals surface area contributed by atoms with Gasteiger partial charge in [-0.05, 0) is 6.54 Å². The molecule has 1 aromatic rings. The number of alkyl halides is 3. The van der Waals surface area contributed by atoms with Crippen LogP contribution in [0.25, 0.3) is 0 Å². The summed E-state index contributed by atoms with van der Waals surface area (Å²) in [5, 5.41) is 2.40. The standard InChI is InChI=1S/C13H18F3NO3/c1-5-17-12(13(14,15)16)11-9(19-3)6-8(18-2)7-10(11)20-4/h6-7,12,17H,5H2,1-4H3. The van der Waals surface area contributed by atoms with E-state index in [0.717, 1.165) is 0 Å². The zero-order valence-corrected chi connectivity index (χ0v) is 11.8. The molecule has 1 unspecified atom stereocenters. The average molecular weight is 293 g/mol. The van der Waals surface area contributed by atoms with Crippen LogP contribution in [0.4, 0.5) is 13.2 Å². The molecule has 0 aliphatic carbocycles. The van der Waals surface area contributed by atoms with Gasteiger partial charge < -0.3 is 19.5 Å². The first-order chi connectivity index (χ1) is 9.38. The van der Waals surface area contributed by atoms with E-state index in [0.29, 0.717) is 5.75 Å². The van der Waals surface area contributed by atoms with E-state index in [4.69, 9.17) is 14.2 Å². The van der Waals surface area contributed by atoms with Gasteiger partial charge >= 0.3 is 6.18 Å². The lowest BCUT2D eigenvalue weighted by molar-refractivity contribution is -0.158. The highest BCUT2D eigenvalue weighted by Crippen LogP contribution is 2.44. The van der Waals surface area contributed by atoms with Gasteiger partial charge in [0.25, 0.3) is 0 Å². The summed E-state index contributed by atoms with van der Waals surface area (Å²) in [5.74, 6) is 0.480. The van der Waals surface area contributed by atoms with E-state index in [-0.39, 0.29) is 23.6 Å². The van der Waals surface area contributed by atoms with Crippen molar-refractivity contribution in [1.29, 1.82) is 0 Å². The van der Waals surface area contributed by atoms with E-state index in [1.807, 2.05) is 0 Å². The third-order valence-electron chi connectivity index (χ3n) is 2.78. The van der Waals surface area contributed by atoms with E-state index >= 15 is 0 Å². The fourth-order valence-corrected chi connectivity index (χ4v) is 1.90. The zero-order chi connectivity index (χ0) is 15.3. The van der Waals surface area contributed by atoms with Crippen molar-refractivity contribution in [3.8, 4) is 17.2 Å². The highest BCUT2D eigenvalue weighted by atomic mass is 19.4. The van der Waals surface area contributed by atoms with Crippen LogP contribution in [-0.2, 0) is 0 Å². The predicted octanol–water partition coefficient (Wildman–Crippen LogP) is 2.93. The number of methoxy groups -OCH3 is 3. The van der Waals surface area contributed by atoms with E-state index < -0.39 is 12.2 Å². The molecule has 0 bridgehead atoms. The Kier molecular flexibility index (Phi) is 5.50. The number of ether oxygens (including phenoxy) is 3. The minimum Gasteiger partial charge on any atom is -0.496 e. The van der Waals surface area contributed by atoms with Crippen LogP contribution < -0.4 is 19.5 Å². The Hall–Kier alpha value is -1.63. The lowest BCUT2D eigenvalue weighted by Crippen LogP contribution is -2.34. The zero-order valence-electron chi connectivity index (χ0n) is 11.8. The van der Waals surface area contributed by atoms with Crippen molar-refractivity contribution < 1.29 is 27.4 Å². The molecule has 114 valence electrons. The number of hydrogen-bond acceptors (Lipinski definition) is 4. The molecular weight excluding hydrogens is 275 g/mol. The molecule has 1 rings (SSSR count). The highest BCUT2D eigenvalue weighted by Gasteiger charge is 2.43.